The van der Waals surface area contributed by atoms with Gasteiger partial charge in [-0.1, -0.05) is 54.1 Å². The van der Waals surface area contributed by atoms with Crippen LogP contribution in [0.3, 0.4) is 0 Å². The number of fused-ring (bicyclic) bond motifs is 1. The minimum absolute atomic E-state index is 0.0597. The maximum atomic E-state index is 10.0. The van der Waals surface area contributed by atoms with E-state index in [1.807, 2.05) is 18.2 Å². The third kappa shape index (κ3) is 2.05. The van der Waals surface area contributed by atoms with Crippen molar-refractivity contribution < 1.29 is 9.84 Å². The van der Waals surface area contributed by atoms with Gasteiger partial charge in [-0.05, 0) is 18.1 Å². The Morgan fingerprint density at radius 1 is 1.06 bits per heavy atom. The molecule has 0 amide bonds. The van der Waals surface area contributed by atoms with Crippen LogP contribution in [0.4, 0.5) is 0 Å². The van der Waals surface area contributed by atoms with Crippen LogP contribution in [0.1, 0.15) is 34.6 Å². The second-order valence-corrected chi connectivity index (χ2v) is 4.79. The molecule has 0 aliphatic carbocycles. The smallest absolute Gasteiger partial charge is 0.182 e. The fourth-order valence-corrected chi connectivity index (χ4v) is 2.42. The van der Waals surface area contributed by atoms with Crippen molar-refractivity contribution in [2.24, 2.45) is 0 Å². The number of hydrogen-bond donors (Lipinski definition) is 1. The van der Waals surface area contributed by atoms with Crippen molar-refractivity contribution in [1.82, 2.24) is 0 Å². The molecule has 2 heteroatoms. The zero-order valence-electron chi connectivity index (χ0n) is 10.3. The van der Waals surface area contributed by atoms with E-state index in [1.54, 1.807) is 0 Å². The molecule has 2 nitrogen and oxygen atoms in total. The van der Waals surface area contributed by atoms with E-state index in [0.717, 1.165) is 17.5 Å². The van der Waals surface area contributed by atoms with Crippen LogP contribution in [0.2, 0.25) is 0 Å². The van der Waals surface area contributed by atoms with Crippen molar-refractivity contribution in [3.63, 3.8) is 0 Å². The lowest BCUT2D eigenvalue weighted by atomic mass is 9.94. The van der Waals surface area contributed by atoms with Gasteiger partial charge < -0.3 is 9.84 Å². The summed E-state index contributed by atoms with van der Waals surface area (Å²) < 4.78 is 5.69. The van der Waals surface area contributed by atoms with E-state index in [1.165, 1.54) is 11.1 Å². The molecule has 2 atom stereocenters. The summed E-state index contributed by atoms with van der Waals surface area (Å²) in [5.74, 6) is 0. The summed E-state index contributed by atoms with van der Waals surface area (Å²) in [7, 11) is 0. The molecular formula is C16H16O2. The van der Waals surface area contributed by atoms with Gasteiger partial charge in [-0.3, -0.25) is 0 Å². The SMILES string of the molecule is Cc1ccc([C@H]2Cc3ccccc3[C@H](O)O2)cc1. The molecule has 1 aliphatic heterocycles. The Morgan fingerprint density at radius 2 is 1.78 bits per heavy atom. The lowest BCUT2D eigenvalue weighted by Crippen LogP contribution is -2.20. The Labute approximate surface area is 107 Å². The standard InChI is InChI=1S/C16H16O2/c1-11-6-8-12(9-7-11)15-10-13-4-2-3-5-14(13)16(17)18-15/h2-9,15-17H,10H2,1H3/t15-,16-/m1/s1. The Kier molecular flexibility index (Phi) is 2.90. The van der Waals surface area contributed by atoms with Gasteiger partial charge in [0.15, 0.2) is 6.29 Å². The van der Waals surface area contributed by atoms with Crippen molar-refractivity contribution >= 4 is 0 Å². The van der Waals surface area contributed by atoms with Crippen molar-refractivity contribution in [2.45, 2.75) is 25.7 Å². The molecule has 1 heterocycles. The summed E-state index contributed by atoms with van der Waals surface area (Å²) in [5, 5.41) is 10.0. The van der Waals surface area contributed by atoms with Crippen LogP contribution >= 0.6 is 0 Å². The van der Waals surface area contributed by atoms with Crippen LogP contribution in [0.5, 0.6) is 0 Å². The number of ether oxygens (including phenoxy) is 1. The summed E-state index contributed by atoms with van der Waals surface area (Å²) in [6.07, 6.45) is -0.0622. The normalized spacial score (nSPS) is 22.6. The quantitative estimate of drug-likeness (QED) is 0.828. The van der Waals surface area contributed by atoms with Crippen LogP contribution in [-0.4, -0.2) is 5.11 Å². The van der Waals surface area contributed by atoms with E-state index in [4.69, 9.17) is 4.74 Å². The number of aliphatic hydroxyl groups excluding tert-OH is 1. The number of hydrogen-bond acceptors (Lipinski definition) is 2. The van der Waals surface area contributed by atoms with Crippen molar-refractivity contribution in [3.05, 3.63) is 70.8 Å². The van der Waals surface area contributed by atoms with Gasteiger partial charge in [0.25, 0.3) is 0 Å². The third-order valence-corrected chi connectivity index (χ3v) is 3.47. The fourth-order valence-electron chi connectivity index (χ4n) is 2.42. The van der Waals surface area contributed by atoms with Crippen molar-refractivity contribution in [3.8, 4) is 0 Å². The molecule has 2 aromatic rings. The van der Waals surface area contributed by atoms with Crippen molar-refractivity contribution in [2.75, 3.05) is 0 Å². The van der Waals surface area contributed by atoms with E-state index < -0.39 is 6.29 Å². The highest BCUT2D eigenvalue weighted by Crippen LogP contribution is 2.35. The Bertz CT molecular complexity index is 545. The van der Waals surface area contributed by atoms with Crippen molar-refractivity contribution in [1.29, 1.82) is 0 Å². The predicted molar refractivity (Wildman–Crippen MR) is 70.1 cm³/mol. The summed E-state index contributed by atoms with van der Waals surface area (Å²) in [6, 6.07) is 16.2. The summed E-state index contributed by atoms with van der Waals surface area (Å²) in [4.78, 5) is 0. The Morgan fingerprint density at radius 3 is 2.56 bits per heavy atom. The minimum Gasteiger partial charge on any atom is -0.364 e. The third-order valence-electron chi connectivity index (χ3n) is 3.47. The van der Waals surface area contributed by atoms with Crippen LogP contribution < -0.4 is 0 Å². The number of benzene rings is 2. The summed E-state index contributed by atoms with van der Waals surface area (Å²) in [6.45, 7) is 2.07. The van der Waals surface area contributed by atoms with Gasteiger partial charge in [-0.25, -0.2) is 0 Å². The second kappa shape index (κ2) is 4.56. The molecule has 0 radical (unpaired) electrons. The predicted octanol–water partition coefficient (Wildman–Crippen LogP) is 3.30. The van der Waals surface area contributed by atoms with Crippen LogP contribution in [-0.2, 0) is 11.2 Å². The maximum absolute atomic E-state index is 10.0. The zero-order chi connectivity index (χ0) is 12.5. The summed E-state index contributed by atoms with van der Waals surface area (Å²) in [5.41, 5.74) is 4.41. The topological polar surface area (TPSA) is 29.5 Å². The number of aryl methyl sites for hydroxylation is 1. The first-order valence-corrected chi connectivity index (χ1v) is 6.22. The Hall–Kier alpha value is -1.64. The fraction of sp³-hybridized carbons (Fsp3) is 0.250. The molecule has 0 saturated carbocycles. The first-order chi connectivity index (χ1) is 8.74. The van der Waals surface area contributed by atoms with Gasteiger partial charge in [0.2, 0.25) is 0 Å². The minimum atomic E-state index is -0.818. The van der Waals surface area contributed by atoms with E-state index in [-0.39, 0.29) is 6.10 Å². The molecule has 0 fully saturated rings. The molecule has 2 aromatic carbocycles. The first-order valence-electron chi connectivity index (χ1n) is 6.22. The van der Waals surface area contributed by atoms with Gasteiger partial charge in [0.05, 0.1) is 6.10 Å². The van der Waals surface area contributed by atoms with Crippen LogP contribution in [0, 0.1) is 6.92 Å². The first kappa shape index (κ1) is 11.5. The number of rotatable bonds is 1. The average molecular weight is 240 g/mol. The monoisotopic (exact) mass is 240 g/mol. The van der Waals surface area contributed by atoms with Crippen LogP contribution in [0.15, 0.2) is 48.5 Å². The maximum Gasteiger partial charge on any atom is 0.182 e. The molecule has 3 rings (SSSR count). The van der Waals surface area contributed by atoms with Crippen LogP contribution in [0.25, 0.3) is 0 Å². The highest BCUT2D eigenvalue weighted by atomic mass is 16.6. The highest BCUT2D eigenvalue weighted by molar-refractivity contribution is 5.33. The van der Waals surface area contributed by atoms with Gasteiger partial charge in [-0.2, -0.15) is 0 Å². The molecule has 1 N–H and O–H groups in total. The van der Waals surface area contributed by atoms with E-state index in [2.05, 4.69) is 37.3 Å². The largest absolute Gasteiger partial charge is 0.364 e. The van der Waals surface area contributed by atoms with E-state index >= 15 is 0 Å². The second-order valence-electron chi connectivity index (χ2n) is 4.79. The van der Waals surface area contributed by atoms with Gasteiger partial charge in [0, 0.05) is 12.0 Å². The molecule has 18 heavy (non-hydrogen) atoms. The lowest BCUT2D eigenvalue weighted by Gasteiger charge is -2.29. The molecule has 1 aliphatic rings. The molecule has 0 saturated heterocycles. The van der Waals surface area contributed by atoms with Gasteiger partial charge in [-0.15, -0.1) is 0 Å². The molecule has 0 unspecified atom stereocenters. The molecule has 0 bridgehead atoms. The molecular weight excluding hydrogens is 224 g/mol. The van der Waals surface area contributed by atoms with Gasteiger partial charge in [0.1, 0.15) is 0 Å². The number of aliphatic hydroxyl groups is 1. The molecule has 0 aromatic heterocycles. The summed E-state index contributed by atoms with van der Waals surface area (Å²) >= 11 is 0. The average Bonchev–Trinajstić information content (AvgIpc) is 2.39. The molecule has 0 spiro atoms. The van der Waals surface area contributed by atoms with E-state index in [9.17, 15) is 5.11 Å². The van der Waals surface area contributed by atoms with Gasteiger partial charge >= 0.3 is 0 Å². The highest BCUT2D eigenvalue weighted by Gasteiger charge is 2.26. The Balaban J connectivity index is 1.92. The van der Waals surface area contributed by atoms with E-state index in [0.29, 0.717) is 0 Å². The zero-order valence-corrected chi connectivity index (χ0v) is 10.3. The lowest BCUT2D eigenvalue weighted by molar-refractivity contribution is -0.151. The molecule has 92 valence electrons.